The van der Waals surface area contributed by atoms with Gasteiger partial charge in [-0.15, -0.1) is 0 Å². The number of nitrogens with zero attached hydrogens (tertiary/aromatic N) is 1. The third kappa shape index (κ3) is 3.85. The molecule has 1 aromatic rings. The van der Waals surface area contributed by atoms with Gasteiger partial charge in [-0.05, 0) is 38.0 Å². The summed E-state index contributed by atoms with van der Waals surface area (Å²) < 4.78 is 5.18. The number of likely N-dealkylation sites (N-methyl/N-ethyl adjacent to an activating group) is 1. The van der Waals surface area contributed by atoms with E-state index in [2.05, 4.69) is 31.7 Å². The van der Waals surface area contributed by atoms with Gasteiger partial charge in [-0.2, -0.15) is 0 Å². The summed E-state index contributed by atoms with van der Waals surface area (Å²) in [5, 5.41) is 8.37. The predicted molar refractivity (Wildman–Crippen MR) is 81.9 cm³/mol. The molecule has 0 atom stereocenters. The Labute approximate surface area is 116 Å². The minimum Gasteiger partial charge on any atom is -0.497 e. The summed E-state index contributed by atoms with van der Waals surface area (Å²) in [6.07, 6.45) is 3.04. The fourth-order valence-electron chi connectivity index (χ4n) is 2.04. The Morgan fingerprint density at radius 2 is 1.74 bits per heavy atom. The number of hydrogen-bond acceptors (Lipinski definition) is 2. The summed E-state index contributed by atoms with van der Waals surface area (Å²) in [5.41, 5.74) is 2.06. The van der Waals surface area contributed by atoms with Crippen molar-refractivity contribution in [1.82, 2.24) is 4.90 Å². The SMILES string of the molecule is CC/C=C(\C(=N)N(CC)CC)c1ccc(OC)cc1. The average molecular weight is 260 g/mol. The first-order valence-electron chi connectivity index (χ1n) is 6.86. The van der Waals surface area contributed by atoms with Gasteiger partial charge < -0.3 is 9.64 Å². The standard InChI is InChI=1S/C16H24N2O/c1-5-8-15(16(17)18(6-2)7-3)13-9-11-14(19-4)12-10-13/h8-12,17H,5-7H2,1-4H3/b15-8-,17-16?. The number of benzene rings is 1. The Kier molecular flexibility index (Phi) is 6.13. The van der Waals surface area contributed by atoms with Crippen LogP contribution in [-0.2, 0) is 0 Å². The van der Waals surface area contributed by atoms with Crippen molar-refractivity contribution in [2.24, 2.45) is 0 Å². The number of nitrogens with one attached hydrogen (secondary N) is 1. The molecule has 3 heteroatoms. The molecule has 0 unspecified atom stereocenters. The van der Waals surface area contributed by atoms with Crippen molar-refractivity contribution in [3.63, 3.8) is 0 Å². The summed E-state index contributed by atoms with van der Waals surface area (Å²) in [5.74, 6) is 1.44. The lowest BCUT2D eigenvalue weighted by molar-refractivity contribution is 0.415. The van der Waals surface area contributed by atoms with Crippen LogP contribution in [0.1, 0.15) is 32.8 Å². The first-order chi connectivity index (χ1) is 9.17. The summed E-state index contributed by atoms with van der Waals surface area (Å²) in [4.78, 5) is 2.06. The summed E-state index contributed by atoms with van der Waals surface area (Å²) in [7, 11) is 1.66. The van der Waals surface area contributed by atoms with Gasteiger partial charge in [0.2, 0.25) is 0 Å². The average Bonchev–Trinajstić information content (AvgIpc) is 2.46. The minimum atomic E-state index is 0.594. The van der Waals surface area contributed by atoms with E-state index in [-0.39, 0.29) is 0 Å². The topological polar surface area (TPSA) is 36.3 Å². The Morgan fingerprint density at radius 3 is 2.16 bits per heavy atom. The van der Waals surface area contributed by atoms with Crippen molar-refractivity contribution in [1.29, 1.82) is 5.41 Å². The number of rotatable bonds is 6. The molecule has 104 valence electrons. The minimum absolute atomic E-state index is 0.594. The fraction of sp³-hybridized carbons (Fsp3) is 0.438. The number of methoxy groups -OCH3 is 1. The first kappa shape index (κ1) is 15.3. The van der Waals surface area contributed by atoms with Crippen molar-refractivity contribution in [2.75, 3.05) is 20.2 Å². The van der Waals surface area contributed by atoms with Gasteiger partial charge in [0, 0.05) is 18.7 Å². The molecule has 0 bridgehead atoms. The van der Waals surface area contributed by atoms with Gasteiger partial charge in [0.25, 0.3) is 0 Å². The van der Waals surface area contributed by atoms with Gasteiger partial charge in [0.1, 0.15) is 11.6 Å². The highest BCUT2D eigenvalue weighted by Gasteiger charge is 2.12. The monoisotopic (exact) mass is 260 g/mol. The maximum Gasteiger partial charge on any atom is 0.128 e. The van der Waals surface area contributed by atoms with Gasteiger partial charge in [0.15, 0.2) is 0 Å². The van der Waals surface area contributed by atoms with Crippen molar-refractivity contribution in [2.45, 2.75) is 27.2 Å². The molecule has 0 saturated heterocycles. The van der Waals surface area contributed by atoms with E-state index in [1.807, 2.05) is 24.3 Å². The number of allylic oxidation sites excluding steroid dienone is 1. The molecule has 1 rings (SSSR count). The maximum atomic E-state index is 8.37. The molecule has 0 aliphatic heterocycles. The zero-order chi connectivity index (χ0) is 14.3. The molecule has 19 heavy (non-hydrogen) atoms. The molecule has 1 N–H and O–H groups in total. The van der Waals surface area contributed by atoms with E-state index in [1.165, 1.54) is 0 Å². The van der Waals surface area contributed by atoms with Crippen molar-refractivity contribution in [3.05, 3.63) is 35.9 Å². The molecule has 0 saturated carbocycles. The van der Waals surface area contributed by atoms with Gasteiger partial charge in [-0.25, -0.2) is 0 Å². The van der Waals surface area contributed by atoms with E-state index < -0.39 is 0 Å². The molecule has 0 radical (unpaired) electrons. The molecule has 0 aliphatic rings. The normalized spacial score (nSPS) is 11.3. The fourth-order valence-corrected chi connectivity index (χ4v) is 2.04. The lowest BCUT2D eigenvalue weighted by Crippen LogP contribution is -2.30. The number of amidine groups is 1. The molecule has 0 amide bonds. The third-order valence-electron chi connectivity index (χ3n) is 3.14. The van der Waals surface area contributed by atoms with E-state index in [0.717, 1.165) is 36.4 Å². The summed E-state index contributed by atoms with van der Waals surface area (Å²) in [6.45, 7) is 7.96. The van der Waals surface area contributed by atoms with Crippen LogP contribution in [0, 0.1) is 5.41 Å². The van der Waals surface area contributed by atoms with Crippen molar-refractivity contribution < 1.29 is 4.74 Å². The van der Waals surface area contributed by atoms with Crippen LogP contribution >= 0.6 is 0 Å². The lowest BCUT2D eigenvalue weighted by Gasteiger charge is -2.24. The van der Waals surface area contributed by atoms with Crippen LogP contribution in [0.25, 0.3) is 5.57 Å². The van der Waals surface area contributed by atoms with Crippen LogP contribution in [0.15, 0.2) is 30.3 Å². The summed E-state index contributed by atoms with van der Waals surface area (Å²) in [6, 6.07) is 7.90. The van der Waals surface area contributed by atoms with Crippen LogP contribution in [-0.4, -0.2) is 30.9 Å². The zero-order valence-electron chi connectivity index (χ0n) is 12.4. The molecule has 0 aliphatic carbocycles. The Morgan fingerprint density at radius 1 is 1.16 bits per heavy atom. The smallest absolute Gasteiger partial charge is 0.128 e. The van der Waals surface area contributed by atoms with Crippen LogP contribution in [0.5, 0.6) is 5.75 Å². The number of ether oxygens (including phenoxy) is 1. The Bertz CT molecular complexity index is 431. The second kappa shape index (κ2) is 7.62. The van der Waals surface area contributed by atoms with E-state index in [1.54, 1.807) is 7.11 Å². The molecule has 3 nitrogen and oxygen atoms in total. The van der Waals surface area contributed by atoms with Gasteiger partial charge in [-0.3, -0.25) is 5.41 Å². The highest BCUT2D eigenvalue weighted by atomic mass is 16.5. The Balaban J connectivity index is 3.06. The van der Waals surface area contributed by atoms with Crippen molar-refractivity contribution in [3.8, 4) is 5.75 Å². The van der Waals surface area contributed by atoms with Crippen molar-refractivity contribution >= 4 is 11.4 Å². The van der Waals surface area contributed by atoms with E-state index >= 15 is 0 Å². The van der Waals surface area contributed by atoms with E-state index in [4.69, 9.17) is 10.1 Å². The van der Waals surface area contributed by atoms with Crippen LogP contribution in [0.2, 0.25) is 0 Å². The Hall–Kier alpha value is -1.77. The van der Waals surface area contributed by atoms with Gasteiger partial charge >= 0.3 is 0 Å². The quantitative estimate of drug-likeness (QED) is 0.623. The zero-order valence-corrected chi connectivity index (χ0v) is 12.4. The molecule has 0 spiro atoms. The predicted octanol–water partition coefficient (Wildman–Crippen LogP) is 3.81. The molecule has 0 aromatic heterocycles. The molecule has 1 aromatic carbocycles. The molecular weight excluding hydrogens is 236 g/mol. The highest BCUT2D eigenvalue weighted by Crippen LogP contribution is 2.21. The number of hydrogen-bond donors (Lipinski definition) is 1. The highest BCUT2D eigenvalue weighted by molar-refractivity contribution is 6.21. The van der Waals surface area contributed by atoms with Crippen LogP contribution < -0.4 is 4.74 Å². The second-order valence-electron chi connectivity index (χ2n) is 4.28. The second-order valence-corrected chi connectivity index (χ2v) is 4.28. The van der Waals surface area contributed by atoms with Gasteiger partial charge in [0.05, 0.1) is 7.11 Å². The van der Waals surface area contributed by atoms with E-state index in [9.17, 15) is 0 Å². The van der Waals surface area contributed by atoms with E-state index in [0.29, 0.717) is 5.84 Å². The lowest BCUT2D eigenvalue weighted by atomic mass is 10.0. The molecule has 0 fully saturated rings. The van der Waals surface area contributed by atoms with Crippen LogP contribution in [0.3, 0.4) is 0 Å². The molecule has 0 heterocycles. The molecular formula is C16H24N2O. The largest absolute Gasteiger partial charge is 0.497 e. The summed E-state index contributed by atoms with van der Waals surface area (Å²) >= 11 is 0. The maximum absolute atomic E-state index is 8.37. The van der Waals surface area contributed by atoms with Crippen LogP contribution in [0.4, 0.5) is 0 Å². The first-order valence-corrected chi connectivity index (χ1v) is 6.86. The third-order valence-corrected chi connectivity index (χ3v) is 3.14. The van der Waals surface area contributed by atoms with Gasteiger partial charge in [-0.1, -0.05) is 25.1 Å².